The normalized spacial score (nSPS) is 11.1. The van der Waals surface area contributed by atoms with Crippen LogP contribution in [0.5, 0.6) is 5.75 Å². The monoisotopic (exact) mass is 316 g/mol. The Kier molecular flexibility index (Phi) is 4.04. The van der Waals surface area contributed by atoms with Crippen molar-refractivity contribution in [3.8, 4) is 29.2 Å². The summed E-state index contributed by atoms with van der Waals surface area (Å²) >= 11 is 0. The van der Waals surface area contributed by atoms with Gasteiger partial charge in [0.1, 0.15) is 5.82 Å². The zero-order valence-electron chi connectivity index (χ0n) is 10.6. The molecule has 2 aromatic rings. The quantitative estimate of drug-likeness (QED) is 0.579. The Labute approximate surface area is 121 Å². The van der Waals surface area contributed by atoms with E-state index in [9.17, 15) is 26.3 Å². The number of hydrogen-bond donors (Lipinski definition) is 0. The van der Waals surface area contributed by atoms with Crippen LogP contribution in [0.15, 0.2) is 30.3 Å². The summed E-state index contributed by atoms with van der Waals surface area (Å²) in [5, 5.41) is 0. The zero-order valence-corrected chi connectivity index (χ0v) is 10.6. The van der Waals surface area contributed by atoms with Gasteiger partial charge in [0.25, 0.3) is 0 Å². The van der Waals surface area contributed by atoms with Gasteiger partial charge in [-0.25, -0.2) is 13.2 Å². The zero-order chi connectivity index (χ0) is 16.5. The summed E-state index contributed by atoms with van der Waals surface area (Å²) in [6.07, 6.45) is -0.173. The molecule has 114 valence electrons. The summed E-state index contributed by atoms with van der Waals surface area (Å²) in [4.78, 5) is 0. The molecule has 0 N–H and O–H groups in total. The van der Waals surface area contributed by atoms with Crippen LogP contribution in [0.2, 0.25) is 0 Å². The predicted octanol–water partition coefficient (Wildman–Crippen LogP) is 4.65. The lowest BCUT2D eigenvalue weighted by molar-refractivity contribution is -0.276. The Bertz CT molecular complexity index is 735. The van der Waals surface area contributed by atoms with E-state index >= 15 is 0 Å². The van der Waals surface area contributed by atoms with E-state index in [2.05, 4.69) is 10.7 Å². The van der Waals surface area contributed by atoms with E-state index in [1.165, 1.54) is 12.1 Å². The number of rotatable bonds is 2. The molecule has 0 spiro atoms. The molecule has 0 aliphatic heterocycles. The molecule has 0 atom stereocenters. The van der Waals surface area contributed by atoms with Gasteiger partial charge in [-0.3, -0.25) is 0 Å². The van der Waals surface area contributed by atoms with Gasteiger partial charge in [-0.05, 0) is 29.8 Å². The highest BCUT2D eigenvalue weighted by atomic mass is 19.4. The summed E-state index contributed by atoms with van der Waals surface area (Å²) in [5.41, 5.74) is -0.292. The molecule has 2 rings (SSSR count). The number of alkyl halides is 3. The molecule has 0 saturated carbocycles. The summed E-state index contributed by atoms with van der Waals surface area (Å²) in [6, 6.07) is 4.54. The molecule has 0 unspecified atom stereocenters. The van der Waals surface area contributed by atoms with Gasteiger partial charge in [0, 0.05) is 11.1 Å². The third-order valence-electron chi connectivity index (χ3n) is 2.66. The summed E-state index contributed by atoms with van der Waals surface area (Å²) in [5.74, 6) is -3.50. The highest BCUT2D eigenvalue weighted by Crippen LogP contribution is 2.33. The van der Waals surface area contributed by atoms with Gasteiger partial charge in [-0.1, -0.05) is 12.0 Å². The minimum absolute atomic E-state index is 0.208. The van der Waals surface area contributed by atoms with E-state index in [4.69, 9.17) is 6.42 Å². The molecular formula is C15H6F6O. The SMILES string of the molecule is C#Cc1ccc(-c2cc(F)c(OC(F)(F)F)c(F)c2)c(F)c1. The number of halogens is 6. The lowest BCUT2D eigenvalue weighted by Gasteiger charge is -2.12. The van der Waals surface area contributed by atoms with Gasteiger partial charge in [0.05, 0.1) is 0 Å². The Morgan fingerprint density at radius 1 is 0.909 bits per heavy atom. The first-order valence-electron chi connectivity index (χ1n) is 5.72. The standard InChI is InChI=1S/C15H6F6O/c1-2-8-3-4-10(11(16)5-8)9-6-12(17)14(13(18)7-9)22-15(19,20)21/h1,3-7H. The molecule has 0 bridgehead atoms. The van der Waals surface area contributed by atoms with Crippen LogP contribution >= 0.6 is 0 Å². The molecule has 0 saturated heterocycles. The van der Waals surface area contributed by atoms with Crippen molar-refractivity contribution < 1.29 is 31.1 Å². The van der Waals surface area contributed by atoms with E-state index in [-0.39, 0.29) is 16.7 Å². The Balaban J connectivity index is 2.49. The van der Waals surface area contributed by atoms with Crippen LogP contribution in [0.25, 0.3) is 11.1 Å². The number of hydrogen-bond acceptors (Lipinski definition) is 1. The molecule has 1 nitrogen and oxygen atoms in total. The topological polar surface area (TPSA) is 9.23 Å². The lowest BCUT2D eigenvalue weighted by Crippen LogP contribution is -2.19. The molecule has 0 aromatic heterocycles. The van der Waals surface area contributed by atoms with Crippen molar-refractivity contribution >= 4 is 0 Å². The summed E-state index contributed by atoms with van der Waals surface area (Å²) in [7, 11) is 0. The van der Waals surface area contributed by atoms with Crippen molar-refractivity contribution in [2.24, 2.45) is 0 Å². The Morgan fingerprint density at radius 2 is 1.50 bits per heavy atom. The second kappa shape index (κ2) is 5.64. The van der Waals surface area contributed by atoms with Crippen LogP contribution in [0, 0.1) is 29.8 Å². The minimum atomic E-state index is -5.25. The fourth-order valence-electron chi connectivity index (χ4n) is 1.77. The highest BCUT2D eigenvalue weighted by molar-refractivity contribution is 5.66. The van der Waals surface area contributed by atoms with Crippen LogP contribution in [-0.4, -0.2) is 6.36 Å². The van der Waals surface area contributed by atoms with Crippen molar-refractivity contribution in [2.75, 3.05) is 0 Å². The predicted molar refractivity (Wildman–Crippen MR) is 66.4 cm³/mol. The molecule has 2 aromatic carbocycles. The van der Waals surface area contributed by atoms with Crippen molar-refractivity contribution in [1.82, 2.24) is 0 Å². The third-order valence-corrected chi connectivity index (χ3v) is 2.66. The van der Waals surface area contributed by atoms with Crippen LogP contribution in [-0.2, 0) is 0 Å². The highest BCUT2D eigenvalue weighted by Gasteiger charge is 2.34. The van der Waals surface area contributed by atoms with Crippen molar-refractivity contribution in [1.29, 1.82) is 0 Å². The molecule has 0 amide bonds. The maximum atomic E-state index is 13.8. The lowest BCUT2D eigenvalue weighted by atomic mass is 10.0. The first kappa shape index (κ1) is 15.8. The molecule has 7 heteroatoms. The molecule has 0 aliphatic rings. The fourth-order valence-corrected chi connectivity index (χ4v) is 1.77. The van der Waals surface area contributed by atoms with Crippen LogP contribution < -0.4 is 4.74 Å². The Hall–Kier alpha value is -2.62. The van der Waals surface area contributed by atoms with E-state index in [1.54, 1.807) is 0 Å². The van der Waals surface area contributed by atoms with Crippen molar-refractivity contribution in [2.45, 2.75) is 6.36 Å². The first-order valence-corrected chi connectivity index (χ1v) is 5.72. The number of terminal acetylenes is 1. The number of ether oxygens (including phenoxy) is 1. The summed E-state index contributed by atoms with van der Waals surface area (Å²) < 4.78 is 80.3. The molecule has 0 aliphatic carbocycles. The van der Waals surface area contributed by atoms with E-state index in [1.807, 2.05) is 0 Å². The molecule has 0 fully saturated rings. The maximum absolute atomic E-state index is 13.8. The van der Waals surface area contributed by atoms with Gasteiger partial charge in [-0.2, -0.15) is 0 Å². The van der Waals surface area contributed by atoms with Gasteiger partial charge in [-0.15, -0.1) is 19.6 Å². The third kappa shape index (κ3) is 3.34. The van der Waals surface area contributed by atoms with Gasteiger partial charge in [0.2, 0.25) is 5.75 Å². The van der Waals surface area contributed by atoms with E-state index in [0.29, 0.717) is 12.1 Å². The smallest absolute Gasteiger partial charge is 0.399 e. The van der Waals surface area contributed by atoms with Crippen molar-refractivity contribution in [3.05, 3.63) is 53.3 Å². The fraction of sp³-hybridized carbons (Fsp3) is 0.0667. The van der Waals surface area contributed by atoms with Gasteiger partial charge >= 0.3 is 6.36 Å². The average Bonchev–Trinajstić information content (AvgIpc) is 2.41. The van der Waals surface area contributed by atoms with Gasteiger partial charge in [0.15, 0.2) is 11.6 Å². The average molecular weight is 316 g/mol. The van der Waals surface area contributed by atoms with E-state index < -0.39 is 29.6 Å². The molecular weight excluding hydrogens is 310 g/mol. The van der Waals surface area contributed by atoms with Crippen LogP contribution in [0.4, 0.5) is 26.3 Å². The van der Waals surface area contributed by atoms with Crippen LogP contribution in [0.3, 0.4) is 0 Å². The largest absolute Gasteiger partial charge is 0.573 e. The summed E-state index contributed by atoms with van der Waals surface area (Å²) in [6.45, 7) is 0. The molecule has 0 radical (unpaired) electrons. The molecule has 0 heterocycles. The van der Waals surface area contributed by atoms with Gasteiger partial charge < -0.3 is 4.74 Å². The number of benzene rings is 2. The van der Waals surface area contributed by atoms with Crippen LogP contribution in [0.1, 0.15) is 5.56 Å². The second-order valence-corrected chi connectivity index (χ2v) is 4.16. The Morgan fingerprint density at radius 3 is 1.95 bits per heavy atom. The second-order valence-electron chi connectivity index (χ2n) is 4.16. The minimum Gasteiger partial charge on any atom is -0.399 e. The first-order chi connectivity index (χ1) is 10.2. The molecule has 22 heavy (non-hydrogen) atoms. The van der Waals surface area contributed by atoms with Crippen molar-refractivity contribution in [3.63, 3.8) is 0 Å². The maximum Gasteiger partial charge on any atom is 0.573 e. The van der Waals surface area contributed by atoms with E-state index in [0.717, 1.165) is 6.07 Å².